The van der Waals surface area contributed by atoms with Crippen LogP contribution in [0.5, 0.6) is 0 Å². The standard InChI is InChI=1S/C17H21F2N5/c1-12-8-16(23-17(22-12)14-4-2-3-6-20-14)21-9-13-5-7-24(10-13)11-15(18)19/h2-4,6,8,13,15H,5,7,9-11H2,1H3,(H,21,22,23). The quantitative estimate of drug-likeness (QED) is 0.881. The maximum atomic E-state index is 12.4. The Hall–Kier alpha value is -2.15. The second-order valence-electron chi connectivity index (χ2n) is 6.12. The summed E-state index contributed by atoms with van der Waals surface area (Å²) in [6.45, 7) is 3.94. The Labute approximate surface area is 140 Å². The van der Waals surface area contributed by atoms with Crippen LogP contribution in [-0.2, 0) is 0 Å². The van der Waals surface area contributed by atoms with Crippen molar-refractivity contribution < 1.29 is 8.78 Å². The van der Waals surface area contributed by atoms with Gasteiger partial charge in [-0.05, 0) is 37.9 Å². The highest BCUT2D eigenvalue weighted by atomic mass is 19.3. The molecule has 0 amide bonds. The molecule has 3 rings (SSSR count). The number of nitrogens with one attached hydrogen (secondary N) is 1. The minimum absolute atomic E-state index is 0.132. The molecular formula is C17H21F2N5. The molecule has 1 unspecified atom stereocenters. The van der Waals surface area contributed by atoms with Crippen LogP contribution in [0.1, 0.15) is 12.1 Å². The first kappa shape index (κ1) is 16.7. The summed E-state index contributed by atoms with van der Waals surface area (Å²) in [5.41, 5.74) is 1.59. The summed E-state index contributed by atoms with van der Waals surface area (Å²) in [5, 5.41) is 3.32. The van der Waals surface area contributed by atoms with Crippen molar-refractivity contribution in [2.24, 2.45) is 5.92 Å². The lowest BCUT2D eigenvalue weighted by molar-refractivity contribution is 0.0981. The van der Waals surface area contributed by atoms with Gasteiger partial charge in [-0.25, -0.2) is 18.7 Å². The minimum atomic E-state index is -2.26. The molecule has 128 valence electrons. The first-order chi connectivity index (χ1) is 11.6. The number of halogens is 2. The molecule has 0 aromatic carbocycles. The van der Waals surface area contributed by atoms with Crippen LogP contribution in [0.4, 0.5) is 14.6 Å². The average molecular weight is 333 g/mol. The highest BCUT2D eigenvalue weighted by Crippen LogP contribution is 2.19. The molecule has 1 fully saturated rings. The molecule has 1 aliphatic heterocycles. The molecule has 0 radical (unpaired) electrons. The number of hydrogen-bond acceptors (Lipinski definition) is 5. The summed E-state index contributed by atoms with van der Waals surface area (Å²) in [6, 6.07) is 7.51. The van der Waals surface area contributed by atoms with Gasteiger partial charge in [0.25, 0.3) is 6.43 Å². The van der Waals surface area contributed by atoms with Crippen LogP contribution in [0, 0.1) is 12.8 Å². The van der Waals surface area contributed by atoms with E-state index >= 15 is 0 Å². The predicted molar refractivity (Wildman–Crippen MR) is 89.0 cm³/mol. The van der Waals surface area contributed by atoms with Crippen LogP contribution >= 0.6 is 0 Å². The summed E-state index contributed by atoms with van der Waals surface area (Å²) in [6.07, 6.45) is 0.378. The van der Waals surface area contributed by atoms with E-state index in [9.17, 15) is 8.78 Å². The maximum Gasteiger partial charge on any atom is 0.251 e. The van der Waals surface area contributed by atoms with Gasteiger partial charge < -0.3 is 5.32 Å². The molecule has 5 nitrogen and oxygen atoms in total. The van der Waals surface area contributed by atoms with Crippen LogP contribution < -0.4 is 5.32 Å². The second kappa shape index (κ2) is 7.61. The molecule has 24 heavy (non-hydrogen) atoms. The lowest BCUT2D eigenvalue weighted by Gasteiger charge is -2.16. The van der Waals surface area contributed by atoms with Crippen molar-refractivity contribution in [1.29, 1.82) is 0 Å². The van der Waals surface area contributed by atoms with E-state index in [0.29, 0.717) is 18.3 Å². The molecule has 3 heterocycles. The number of hydrogen-bond donors (Lipinski definition) is 1. The highest BCUT2D eigenvalue weighted by Gasteiger charge is 2.24. The van der Waals surface area contributed by atoms with Crippen molar-refractivity contribution in [3.63, 3.8) is 0 Å². The van der Waals surface area contributed by atoms with Gasteiger partial charge in [0.1, 0.15) is 11.5 Å². The van der Waals surface area contributed by atoms with Gasteiger partial charge in [0.15, 0.2) is 5.82 Å². The predicted octanol–water partition coefficient (Wildman–Crippen LogP) is 2.85. The van der Waals surface area contributed by atoms with Crippen molar-refractivity contribution >= 4 is 5.82 Å². The molecule has 0 bridgehead atoms. The molecule has 0 spiro atoms. The molecule has 1 N–H and O–H groups in total. The van der Waals surface area contributed by atoms with E-state index in [1.54, 1.807) is 6.20 Å². The summed E-state index contributed by atoms with van der Waals surface area (Å²) in [7, 11) is 0. The third kappa shape index (κ3) is 4.44. The van der Waals surface area contributed by atoms with Crippen LogP contribution in [0.25, 0.3) is 11.5 Å². The van der Waals surface area contributed by atoms with Crippen molar-refractivity contribution in [3.8, 4) is 11.5 Å². The average Bonchev–Trinajstić information content (AvgIpc) is 3.00. The fraction of sp³-hybridized carbons (Fsp3) is 0.471. The van der Waals surface area contributed by atoms with Crippen LogP contribution in [0.2, 0.25) is 0 Å². The van der Waals surface area contributed by atoms with Crippen molar-refractivity contribution in [2.45, 2.75) is 19.8 Å². The van der Waals surface area contributed by atoms with E-state index in [0.717, 1.165) is 36.7 Å². The SMILES string of the molecule is Cc1cc(NCC2CCN(CC(F)F)C2)nc(-c2ccccn2)n1. The maximum absolute atomic E-state index is 12.4. The summed E-state index contributed by atoms with van der Waals surface area (Å²) in [5.74, 6) is 1.69. The van der Waals surface area contributed by atoms with Crippen molar-refractivity contribution in [1.82, 2.24) is 19.9 Å². The molecule has 1 saturated heterocycles. The fourth-order valence-corrected chi connectivity index (χ4v) is 2.96. The van der Waals surface area contributed by atoms with Crippen LogP contribution in [0.15, 0.2) is 30.5 Å². The Morgan fingerprint density at radius 3 is 2.96 bits per heavy atom. The molecule has 0 saturated carbocycles. The number of alkyl halides is 2. The first-order valence-corrected chi connectivity index (χ1v) is 8.11. The van der Waals surface area contributed by atoms with E-state index in [4.69, 9.17) is 0 Å². The summed E-state index contributed by atoms with van der Waals surface area (Å²) >= 11 is 0. The number of anilines is 1. The van der Waals surface area contributed by atoms with Gasteiger partial charge >= 0.3 is 0 Å². The first-order valence-electron chi connectivity index (χ1n) is 8.11. The van der Waals surface area contributed by atoms with Gasteiger partial charge in [0.05, 0.1) is 6.54 Å². The van der Waals surface area contributed by atoms with E-state index in [2.05, 4.69) is 20.3 Å². The molecular weight excluding hydrogens is 312 g/mol. The molecule has 1 atom stereocenters. The van der Waals surface area contributed by atoms with Crippen molar-refractivity contribution in [3.05, 3.63) is 36.2 Å². The topological polar surface area (TPSA) is 53.9 Å². The minimum Gasteiger partial charge on any atom is -0.370 e. The van der Waals surface area contributed by atoms with Crippen molar-refractivity contribution in [2.75, 3.05) is 31.5 Å². The summed E-state index contributed by atoms with van der Waals surface area (Å²) in [4.78, 5) is 15.0. The summed E-state index contributed by atoms with van der Waals surface area (Å²) < 4.78 is 24.9. The van der Waals surface area contributed by atoms with E-state index in [-0.39, 0.29) is 6.54 Å². The number of aryl methyl sites for hydroxylation is 1. The number of rotatable bonds is 6. The van der Waals surface area contributed by atoms with E-state index < -0.39 is 6.43 Å². The molecule has 0 aliphatic carbocycles. The molecule has 1 aliphatic rings. The number of aromatic nitrogens is 3. The van der Waals surface area contributed by atoms with Gasteiger partial charge in [-0.3, -0.25) is 9.88 Å². The zero-order valence-electron chi connectivity index (χ0n) is 13.6. The Bertz CT molecular complexity index is 665. The monoisotopic (exact) mass is 333 g/mol. The van der Waals surface area contributed by atoms with Gasteiger partial charge in [-0.1, -0.05) is 6.07 Å². The third-order valence-corrected chi connectivity index (χ3v) is 4.09. The lowest BCUT2D eigenvalue weighted by Crippen LogP contribution is -2.27. The molecule has 2 aromatic heterocycles. The van der Waals surface area contributed by atoms with Crippen LogP contribution in [-0.4, -0.2) is 52.5 Å². The number of likely N-dealkylation sites (tertiary alicyclic amines) is 1. The number of pyridine rings is 1. The smallest absolute Gasteiger partial charge is 0.251 e. The Kier molecular flexibility index (Phi) is 5.30. The van der Waals surface area contributed by atoms with Gasteiger partial charge in [-0.2, -0.15) is 0 Å². The molecule has 7 heteroatoms. The second-order valence-corrected chi connectivity index (χ2v) is 6.12. The van der Waals surface area contributed by atoms with E-state index in [1.165, 1.54) is 0 Å². The van der Waals surface area contributed by atoms with Gasteiger partial charge in [-0.15, -0.1) is 0 Å². The zero-order valence-corrected chi connectivity index (χ0v) is 13.6. The van der Waals surface area contributed by atoms with Gasteiger partial charge in [0, 0.05) is 31.0 Å². The fourth-order valence-electron chi connectivity index (χ4n) is 2.96. The van der Waals surface area contributed by atoms with Gasteiger partial charge in [0.2, 0.25) is 0 Å². The Balaban J connectivity index is 1.61. The largest absolute Gasteiger partial charge is 0.370 e. The Morgan fingerprint density at radius 2 is 2.21 bits per heavy atom. The van der Waals surface area contributed by atoms with E-state index in [1.807, 2.05) is 36.1 Å². The Morgan fingerprint density at radius 1 is 1.33 bits per heavy atom. The number of nitrogens with zero attached hydrogens (tertiary/aromatic N) is 4. The highest BCUT2D eigenvalue weighted by molar-refractivity contribution is 5.52. The third-order valence-electron chi connectivity index (χ3n) is 4.09. The normalized spacial score (nSPS) is 18.2. The zero-order chi connectivity index (χ0) is 16.9. The lowest BCUT2D eigenvalue weighted by atomic mass is 10.1. The van der Waals surface area contributed by atoms with Crippen LogP contribution in [0.3, 0.4) is 0 Å². The molecule has 2 aromatic rings.